The van der Waals surface area contributed by atoms with Crippen LogP contribution < -0.4 is 5.73 Å². The van der Waals surface area contributed by atoms with Crippen LogP contribution in [-0.2, 0) is 20.9 Å². The molecule has 0 atom stereocenters. The van der Waals surface area contributed by atoms with Crippen molar-refractivity contribution < 1.29 is 14.3 Å². The zero-order valence-electron chi connectivity index (χ0n) is 11.0. The monoisotopic (exact) mass is 262 g/mol. The highest BCUT2D eigenvalue weighted by Crippen LogP contribution is 2.25. The van der Waals surface area contributed by atoms with Gasteiger partial charge < -0.3 is 10.5 Å². The van der Waals surface area contributed by atoms with Gasteiger partial charge in [-0.25, -0.2) is 4.79 Å². The van der Waals surface area contributed by atoms with Crippen molar-refractivity contribution in [2.45, 2.75) is 39.2 Å². The fourth-order valence-electron chi connectivity index (χ4n) is 1.65. The molecule has 5 heteroatoms. The van der Waals surface area contributed by atoms with E-state index in [1.54, 1.807) is 18.2 Å². The number of nitrogens with two attached hydrogens (primary N) is 1. The van der Waals surface area contributed by atoms with Crippen molar-refractivity contribution in [3.63, 3.8) is 0 Å². The summed E-state index contributed by atoms with van der Waals surface area (Å²) in [5.41, 5.74) is 7.14. The molecule has 0 aliphatic rings. The first-order chi connectivity index (χ1) is 9.19. The third kappa shape index (κ3) is 4.94. The lowest BCUT2D eigenvalue weighted by Crippen LogP contribution is -2.06. The smallest absolute Gasteiger partial charge is 0.306 e. The third-order valence-corrected chi connectivity index (χ3v) is 2.72. The van der Waals surface area contributed by atoms with E-state index in [2.05, 4.69) is 11.9 Å². The van der Waals surface area contributed by atoms with Gasteiger partial charge in [0.15, 0.2) is 0 Å². The van der Waals surface area contributed by atoms with E-state index >= 15 is 0 Å². The minimum absolute atomic E-state index is 0.0259. The number of hydrogen-bond donors (Lipinski definition) is 1. The molecule has 0 amide bonds. The summed E-state index contributed by atoms with van der Waals surface area (Å²) in [6, 6.07) is 4.98. The average molecular weight is 262 g/mol. The second-order valence-electron chi connectivity index (χ2n) is 4.17. The topological polar surface area (TPSA) is 81.8 Å². The zero-order valence-corrected chi connectivity index (χ0v) is 11.0. The summed E-state index contributed by atoms with van der Waals surface area (Å²) < 4.78 is 5.13. The summed E-state index contributed by atoms with van der Waals surface area (Å²) in [6.45, 7) is 2.10. The number of nitrogens with zero attached hydrogens (tertiary/aromatic N) is 1. The number of carbonyl (C=O) groups excluding carboxylic acids is 2. The first kappa shape index (κ1) is 14.9. The maximum atomic E-state index is 11.5. The molecule has 0 aliphatic carbocycles. The fraction of sp³-hybridized carbons (Fsp3) is 0.429. The van der Waals surface area contributed by atoms with E-state index in [1.165, 1.54) is 6.08 Å². The Kier molecular flexibility index (Phi) is 6.33. The van der Waals surface area contributed by atoms with E-state index in [1.807, 2.05) is 0 Å². The molecule has 0 aliphatic heterocycles. The van der Waals surface area contributed by atoms with Gasteiger partial charge in [-0.15, -0.1) is 0 Å². The fourth-order valence-corrected chi connectivity index (χ4v) is 1.65. The second-order valence-corrected chi connectivity index (χ2v) is 4.17. The van der Waals surface area contributed by atoms with Crippen LogP contribution in [0.4, 0.5) is 11.4 Å². The summed E-state index contributed by atoms with van der Waals surface area (Å²) >= 11 is 0. The Bertz CT molecular complexity index is 480. The van der Waals surface area contributed by atoms with Gasteiger partial charge in [-0.3, -0.25) is 4.79 Å². The molecule has 1 aromatic rings. The molecule has 0 bridgehead atoms. The summed E-state index contributed by atoms with van der Waals surface area (Å²) in [5.74, 6) is -0.266. The number of esters is 1. The Morgan fingerprint density at radius 3 is 2.89 bits per heavy atom. The Morgan fingerprint density at radius 1 is 1.42 bits per heavy atom. The Balaban J connectivity index is 2.62. The molecule has 0 heterocycles. The highest BCUT2D eigenvalue weighted by Gasteiger charge is 2.09. The minimum Gasteiger partial charge on any atom is -0.461 e. The van der Waals surface area contributed by atoms with Crippen molar-refractivity contribution in [1.82, 2.24) is 0 Å². The molecule has 0 radical (unpaired) electrons. The number of carbonyl (C=O) groups is 1. The second kappa shape index (κ2) is 8.06. The molecule has 19 heavy (non-hydrogen) atoms. The van der Waals surface area contributed by atoms with Gasteiger partial charge in [-0.05, 0) is 18.6 Å². The lowest BCUT2D eigenvalue weighted by molar-refractivity contribution is -0.145. The highest BCUT2D eigenvalue weighted by molar-refractivity contribution is 5.70. The van der Waals surface area contributed by atoms with E-state index in [-0.39, 0.29) is 12.6 Å². The van der Waals surface area contributed by atoms with Crippen LogP contribution in [0.15, 0.2) is 23.2 Å². The van der Waals surface area contributed by atoms with Crippen LogP contribution in [-0.4, -0.2) is 12.0 Å². The Labute approximate surface area is 112 Å². The number of anilines is 1. The molecule has 102 valence electrons. The van der Waals surface area contributed by atoms with Gasteiger partial charge in [0.25, 0.3) is 0 Å². The number of aliphatic imine (C=N–C) groups is 1. The maximum Gasteiger partial charge on any atom is 0.306 e. The number of rotatable bonds is 7. The number of hydrogen-bond acceptors (Lipinski definition) is 5. The van der Waals surface area contributed by atoms with Gasteiger partial charge in [-0.1, -0.05) is 25.8 Å². The molecule has 0 aromatic heterocycles. The number of isocyanates is 1. The number of ether oxygens (including phenoxy) is 1. The minimum atomic E-state index is -0.266. The van der Waals surface area contributed by atoms with Crippen LogP contribution in [0.3, 0.4) is 0 Å². The van der Waals surface area contributed by atoms with Crippen LogP contribution in [0.2, 0.25) is 0 Å². The molecule has 0 saturated carbocycles. The quantitative estimate of drug-likeness (QED) is 0.269. The molecule has 0 spiro atoms. The van der Waals surface area contributed by atoms with Gasteiger partial charge in [-0.2, -0.15) is 4.99 Å². The lowest BCUT2D eigenvalue weighted by atomic mass is 10.1. The van der Waals surface area contributed by atoms with Crippen LogP contribution >= 0.6 is 0 Å². The van der Waals surface area contributed by atoms with Crippen LogP contribution in [0.1, 0.15) is 38.2 Å². The zero-order chi connectivity index (χ0) is 14.1. The summed E-state index contributed by atoms with van der Waals surface area (Å²) in [7, 11) is 0. The van der Waals surface area contributed by atoms with Gasteiger partial charge >= 0.3 is 5.97 Å². The highest BCUT2D eigenvalue weighted by atomic mass is 16.5. The standard InChI is InChI=1S/C14H18N2O3/c1-2-3-4-8-14(18)19-9-11-12(15)6-5-7-13(11)16-10-17/h5-7H,2-4,8-9,15H2,1H3. The summed E-state index contributed by atoms with van der Waals surface area (Å²) in [4.78, 5) is 25.4. The van der Waals surface area contributed by atoms with Crippen LogP contribution in [0.5, 0.6) is 0 Å². The SMILES string of the molecule is CCCCCC(=O)OCc1c(N)cccc1N=C=O. The van der Waals surface area contributed by atoms with Crippen molar-refractivity contribution in [1.29, 1.82) is 0 Å². The van der Waals surface area contributed by atoms with E-state index < -0.39 is 0 Å². The molecule has 0 saturated heterocycles. The molecule has 1 rings (SSSR count). The predicted molar refractivity (Wildman–Crippen MR) is 72.6 cm³/mol. The molecule has 5 nitrogen and oxygen atoms in total. The van der Waals surface area contributed by atoms with Crippen LogP contribution in [0.25, 0.3) is 0 Å². The molecule has 1 aromatic carbocycles. The van der Waals surface area contributed by atoms with Crippen LogP contribution in [0, 0.1) is 0 Å². The van der Waals surface area contributed by atoms with Crippen molar-refractivity contribution >= 4 is 23.4 Å². The van der Waals surface area contributed by atoms with Crippen molar-refractivity contribution in [3.8, 4) is 0 Å². The summed E-state index contributed by atoms with van der Waals surface area (Å²) in [6.07, 6.45) is 4.73. The van der Waals surface area contributed by atoms with Crippen molar-refractivity contribution in [2.24, 2.45) is 4.99 Å². The van der Waals surface area contributed by atoms with E-state index in [4.69, 9.17) is 10.5 Å². The van der Waals surface area contributed by atoms with Crippen molar-refractivity contribution in [3.05, 3.63) is 23.8 Å². The first-order valence-corrected chi connectivity index (χ1v) is 6.30. The maximum absolute atomic E-state index is 11.5. The summed E-state index contributed by atoms with van der Waals surface area (Å²) in [5, 5.41) is 0. The number of unbranched alkanes of at least 4 members (excludes halogenated alkanes) is 2. The molecular formula is C14H18N2O3. The van der Waals surface area contributed by atoms with Gasteiger partial charge in [0, 0.05) is 17.7 Å². The van der Waals surface area contributed by atoms with E-state index in [9.17, 15) is 9.59 Å². The third-order valence-electron chi connectivity index (χ3n) is 2.72. The first-order valence-electron chi connectivity index (χ1n) is 6.30. The van der Waals surface area contributed by atoms with Gasteiger partial charge in [0.05, 0.1) is 5.69 Å². The normalized spacial score (nSPS) is 9.74. The molecule has 0 unspecified atom stereocenters. The lowest BCUT2D eigenvalue weighted by Gasteiger charge is -2.09. The number of benzene rings is 1. The molecular weight excluding hydrogens is 244 g/mol. The van der Waals surface area contributed by atoms with Crippen molar-refractivity contribution in [2.75, 3.05) is 5.73 Å². The largest absolute Gasteiger partial charge is 0.461 e. The van der Waals surface area contributed by atoms with Gasteiger partial charge in [0.2, 0.25) is 6.08 Å². The predicted octanol–water partition coefficient (Wildman–Crippen LogP) is 2.86. The van der Waals surface area contributed by atoms with E-state index in [0.717, 1.165) is 19.3 Å². The van der Waals surface area contributed by atoms with E-state index in [0.29, 0.717) is 23.4 Å². The number of nitrogen functional groups attached to an aromatic ring is 1. The van der Waals surface area contributed by atoms with Gasteiger partial charge in [0.1, 0.15) is 6.61 Å². The Hall–Kier alpha value is -2.13. The Morgan fingerprint density at radius 2 is 2.21 bits per heavy atom. The molecule has 2 N–H and O–H groups in total. The molecule has 0 fully saturated rings. The average Bonchev–Trinajstić information content (AvgIpc) is 2.39.